The Morgan fingerprint density at radius 3 is 3.10 bits per heavy atom. The van der Waals surface area contributed by atoms with Crippen molar-refractivity contribution >= 4 is 29.3 Å². The Morgan fingerprint density at radius 1 is 1.52 bits per heavy atom. The highest BCUT2D eigenvalue weighted by Gasteiger charge is 2.52. The molecule has 2 fully saturated rings. The molecule has 0 aromatic heterocycles. The number of hydrogen-bond donors (Lipinski definition) is 1. The van der Waals surface area contributed by atoms with Gasteiger partial charge < -0.3 is 10.2 Å². The van der Waals surface area contributed by atoms with E-state index in [9.17, 15) is 9.59 Å². The molecule has 3 rings (SSSR count). The van der Waals surface area contributed by atoms with Crippen LogP contribution in [-0.2, 0) is 16.0 Å². The summed E-state index contributed by atoms with van der Waals surface area (Å²) in [6.45, 7) is 4.15. The van der Waals surface area contributed by atoms with Crippen molar-refractivity contribution in [2.45, 2.75) is 44.0 Å². The summed E-state index contributed by atoms with van der Waals surface area (Å²) in [5.41, 5.74) is 2.00. The van der Waals surface area contributed by atoms with Crippen molar-refractivity contribution in [3.8, 4) is 0 Å². The Morgan fingerprint density at radius 2 is 2.33 bits per heavy atom. The largest absolute Gasteiger partial charge is 0.324 e. The minimum atomic E-state index is -0.347. The van der Waals surface area contributed by atoms with Crippen LogP contribution in [0.2, 0.25) is 0 Å². The van der Waals surface area contributed by atoms with Crippen LogP contribution in [0.15, 0.2) is 24.3 Å². The average molecular weight is 304 g/mol. The lowest BCUT2D eigenvalue weighted by Gasteiger charge is -2.29. The van der Waals surface area contributed by atoms with Crippen molar-refractivity contribution in [1.82, 2.24) is 4.90 Å². The Labute approximate surface area is 129 Å². The smallest absolute Gasteiger partial charge is 0.248 e. The normalized spacial score (nSPS) is 27.8. The highest BCUT2D eigenvalue weighted by atomic mass is 32.2. The van der Waals surface area contributed by atoms with E-state index in [0.29, 0.717) is 12.2 Å². The number of carbonyl (C=O) groups is 2. The second kappa shape index (κ2) is 5.37. The first-order valence-corrected chi connectivity index (χ1v) is 8.38. The van der Waals surface area contributed by atoms with Crippen molar-refractivity contribution < 1.29 is 9.59 Å². The number of amides is 2. The van der Waals surface area contributed by atoms with E-state index in [2.05, 4.69) is 19.2 Å². The number of thioether (sulfide) groups is 1. The van der Waals surface area contributed by atoms with Crippen LogP contribution in [0, 0.1) is 0 Å². The lowest BCUT2D eigenvalue weighted by atomic mass is 10.1. The van der Waals surface area contributed by atoms with Gasteiger partial charge in [-0.05, 0) is 37.5 Å². The number of anilines is 1. The molecule has 2 atom stereocenters. The fourth-order valence-corrected chi connectivity index (χ4v) is 4.54. The first kappa shape index (κ1) is 14.4. The molecule has 5 heteroatoms. The third kappa shape index (κ3) is 2.55. The molecule has 1 aromatic carbocycles. The monoisotopic (exact) mass is 304 g/mol. The predicted molar refractivity (Wildman–Crippen MR) is 85.2 cm³/mol. The van der Waals surface area contributed by atoms with Crippen molar-refractivity contribution in [2.75, 3.05) is 11.1 Å². The number of fused-ring (bicyclic) bond motifs is 1. The lowest BCUT2D eigenvalue weighted by molar-refractivity contribution is -0.135. The minimum Gasteiger partial charge on any atom is -0.324 e. The zero-order valence-electron chi connectivity index (χ0n) is 12.4. The van der Waals surface area contributed by atoms with Gasteiger partial charge in [0.1, 0.15) is 6.04 Å². The van der Waals surface area contributed by atoms with E-state index >= 15 is 0 Å². The summed E-state index contributed by atoms with van der Waals surface area (Å²) in [5.74, 6) is 0.710. The molecule has 2 aliphatic rings. The number of rotatable bonds is 3. The molecular weight excluding hydrogens is 284 g/mol. The Bertz CT molecular complexity index is 589. The van der Waals surface area contributed by atoms with Crippen LogP contribution in [0.1, 0.15) is 32.3 Å². The maximum absolute atomic E-state index is 12.5. The van der Waals surface area contributed by atoms with Gasteiger partial charge in [0.25, 0.3) is 0 Å². The number of aryl methyl sites for hydroxylation is 1. The van der Waals surface area contributed by atoms with E-state index in [1.165, 1.54) is 5.56 Å². The molecule has 2 aliphatic heterocycles. The molecule has 2 heterocycles. The standard InChI is InChI=1S/C16H20N2O2S/c1-3-11-5-4-6-12(9-11)17-15(20)13-10-21-16(2)8-7-14(19)18(13)16/h4-6,9,13H,3,7-8,10H2,1-2H3,(H,17,20). The van der Waals surface area contributed by atoms with Crippen LogP contribution in [0.4, 0.5) is 5.69 Å². The summed E-state index contributed by atoms with van der Waals surface area (Å²) < 4.78 is 0. The molecule has 1 N–H and O–H groups in total. The van der Waals surface area contributed by atoms with Crippen molar-refractivity contribution in [3.63, 3.8) is 0 Å². The minimum absolute atomic E-state index is 0.0743. The average Bonchev–Trinajstić information content (AvgIpc) is 2.96. The summed E-state index contributed by atoms with van der Waals surface area (Å²) in [6, 6.07) is 7.53. The van der Waals surface area contributed by atoms with Crippen LogP contribution in [0.5, 0.6) is 0 Å². The van der Waals surface area contributed by atoms with Gasteiger partial charge in [-0.25, -0.2) is 0 Å². The molecule has 0 spiro atoms. The SMILES string of the molecule is CCc1cccc(NC(=O)C2CSC3(C)CCC(=O)N23)c1. The van der Waals surface area contributed by atoms with E-state index in [4.69, 9.17) is 0 Å². The predicted octanol–water partition coefficient (Wildman–Crippen LogP) is 2.64. The lowest BCUT2D eigenvalue weighted by Crippen LogP contribution is -2.48. The molecule has 21 heavy (non-hydrogen) atoms. The number of carbonyl (C=O) groups excluding carboxylic acids is 2. The molecule has 0 saturated carbocycles. The fraction of sp³-hybridized carbons (Fsp3) is 0.500. The molecule has 1 aromatic rings. The molecule has 112 valence electrons. The molecule has 2 unspecified atom stereocenters. The summed E-state index contributed by atoms with van der Waals surface area (Å²) in [6.07, 6.45) is 2.33. The topological polar surface area (TPSA) is 49.4 Å². The zero-order chi connectivity index (χ0) is 15.0. The second-order valence-corrected chi connectivity index (χ2v) is 7.31. The summed E-state index contributed by atoms with van der Waals surface area (Å²) >= 11 is 1.72. The summed E-state index contributed by atoms with van der Waals surface area (Å²) in [7, 11) is 0. The summed E-state index contributed by atoms with van der Waals surface area (Å²) in [4.78, 5) is 26.2. The highest BCUT2D eigenvalue weighted by Crippen LogP contribution is 2.47. The van der Waals surface area contributed by atoms with Gasteiger partial charge in [-0.3, -0.25) is 9.59 Å². The van der Waals surface area contributed by atoms with E-state index < -0.39 is 0 Å². The first-order valence-electron chi connectivity index (χ1n) is 7.39. The maximum atomic E-state index is 12.5. The van der Waals surface area contributed by atoms with Gasteiger partial charge >= 0.3 is 0 Å². The Balaban J connectivity index is 1.75. The molecule has 2 amide bonds. The van der Waals surface area contributed by atoms with Gasteiger partial charge in [0, 0.05) is 17.9 Å². The van der Waals surface area contributed by atoms with Gasteiger partial charge in [0.2, 0.25) is 11.8 Å². The van der Waals surface area contributed by atoms with Gasteiger partial charge in [-0.1, -0.05) is 19.1 Å². The fourth-order valence-electron chi connectivity index (χ4n) is 3.11. The van der Waals surface area contributed by atoms with Gasteiger partial charge in [0.05, 0.1) is 4.87 Å². The molecule has 2 saturated heterocycles. The second-order valence-electron chi connectivity index (χ2n) is 5.81. The highest BCUT2D eigenvalue weighted by molar-refractivity contribution is 8.01. The number of nitrogens with zero attached hydrogens (tertiary/aromatic N) is 1. The number of benzene rings is 1. The maximum Gasteiger partial charge on any atom is 0.248 e. The van der Waals surface area contributed by atoms with Crippen LogP contribution >= 0.6 is 11.8 Å². The Hall–Kier alpha value is -1.49. The number of hydrogen-bond acceptors (Lipinski definition) is 3. The van der Waals surface area contributed by atoms with E-state index in [1.807, 2.05) is 24.3 Å². The van der Waals surface area contributed by atoms with Crippen LogP contribution in [-0.4, -0.2) is 33.4 Å². The third-order valence-electron chi connectivity index (χ3n) is 4.35. The van der Waals surface area contributed by atoms with Crippen LogP contribution < -0.4 is 5.32 Å². The van der Waals surface area contributed by atoms with E-state index in [0.717, 1.165) is 18.5 Å². The van der Waals surface area contributed by atoms with Crippen molar-refractivity contribution in [2.24, 2.45) is 0 Å². The summed E-state index contributed by atoms with van der Waals surface area (Å²) in [5, 5.41) is 2.96. The Kier molecular flexibility index (Phi) is 3.69. The van der Waals surface area contributed by atoms with Crippen molar-refractivity contribution in [1.29, 1.82) is 0 Å². The van der Waals surface area contributed by atoms with Gasteiger partial charge in [-0.15, -0.1) is 11.8 Å². The van der Waals surface area contributed by atoms with Crippen molar-refractivity contribution in [3.05, 3.63) is 29.8 Å². The molecule has 0 aliphatic carbocycles. The molecule has 0 radical (unpaired) electrons. The molecular formula is C16H20N2O2S. The van der Waals surface area contributed by atoms with Crippen LogP contribution in [0.25, 0.3) is 0 Å². The van der Waals surface area contributed by atoms with E-state index in [1.54, 1.807) is 16.7 Å². The number of nitrogens with one attached hydrogen (secondary N) is 1. The quantitative estimate of drug-likeness (QED) is 0.934. The third-order valence-corrected chi connectivity index (χ3v) is 5.86. The first-order chi connectivity index (χ1) is 10.0. The van der Waals surface area contributed by atoms with Gasteiger partial charge in [0.15, 0.2) is 0 Å². The van der Waals surface area contributed by atoms with Gasteiger partial charge in [-0.2, -0.15) is 0 Å². The molecule has 0 bridgehead atoms. The van der Waals surface area contributed by atoms with Crippen LogP contribution in [0.3, 0.4) is 0 Å². The van der Waals surface area contributed by atoms with E-state index in [-0.39, 0.29) is 22.7 Å². The molecule has 4 nitrogen and oxygen atoms in total. The zero-order valence-corrected chi connectivity index (χ0v) is 13.2.